The largest absolute Gasteiger partial charge is 0.477 e. The van der Waals surface area contributed by atoms with Crippen molar-refractivity contribution in [3.05, 3.63) is 38.6 Å². The van der Waals surface area contributed by atoms with Crippen LogP contribution in [0.15, 0.2) is 32.9 Å². The Hall–Kier alpha value is -1.45. The number of aromatic nitrogens is 1. The third-order valence-corrected chi connectivity index (χ3v) is 5.50. The van der Waals surface area contributed by atoms with Crippen LogP contribution in [0.4, 0.5) is 5.82 Å². The van der Waals surface area contributed by atoms with Gasteiger partial charge in [0.1, 0.15) is 10.7 Å². The number of hydrogen-bond acceptors (Lipinski definition) is 5. The van der Waals surface area contributed by atoms with Gasteiger partial charge >= 0.3 is 5.97 Å². The van der Waals surface area contributed by atoms with E-state index in [1.54, 1.807) is 6.92 Å². The van der Waals surface area contributed by atoms with Crippen molar-refractivity contribution in [2.75, 3.05) is 4.72 Å². The lowest BCUT2D eigenvalue weighted by Gasteiger charge is -2.07. The van der Waals surface area contributed by atoms with Crippen molar-refractivity contribution in [1.82, 2.24) is 4.98 Å². The predicted molar refractivity (Wildman–Crippen MR) is 78.8 cm³/mol. The SMILES string of the molecule is Cc1sc(Br)cc1S(=O)(=O)Nc1cccc(C(=O)O)n1. The second-order valence-corrected chi connectivity index (χ2v) is 8.08. The Labute approximate surface area is 127 Å². The van der Waals surface area contributed by atoms with Crippen LogP contribution in [-0.4, -0.2) is 24.5 Å². The molecule has 0 amide bonds. The molecule has 0 unspecified atom stereocenters. The summed E-state index contributed by atoms with van der Waals surface area (Å²) in [5, 5.41) is 8.83. The molecule has 2 aromatic rings. The fourth-order valence-electron chi connectivity index (χ4n) is 1.50. The lowest BCUT2D eigenvalue weighted by molar-refractivity contribution is 0.0690. The first-order valence-electron chi connectivity index (χ1n) is 5.29. The molecule has 0 aromatic carbocycles. The Bertz CT molecular complexity index is 770. The number of halogens is 1. The molecule has 106 valence electrons. The summed E-state index contributed by atoms with van der Waals surface area (Å²) in [7, 11) is -3.79. The number of rotatable bonds is 4. The predicted octanol–water partition coefficient (Wildman–Crippen LogP) is 2.71. The van der Waals surface area contributed by atoms with Crippen molar-refractivity contribution in [2.24, 2.45) is 0 Å². The standard InChI is InChI=1S/C11H9BrN2O4S2/c1-6-8(5-9(12)19-6)20(17,18)14-10-4-2-3-7(13-10)11(15)16/h2-5H,1H3,(H,13,14)(H,15,16). The van der Waals surface area contributed by atoms with Gasteiger partial charge in [-0.1, -0.05) is 6.07 Å². The second kappa shape index (κ2) is 5.51. The maximum atomic E-state index is 12.2. The monoisotopic (exact) mass is 376 g/mol. The highest BCUT2D eigenvalue weighted by atomic mass is 79.9. The fraction of sp³-hybridized carbons (Fsp3) is 0.0909. The van der Waals surface area contributed by atoms with E-state index in [-0.39, 0.29) is 16.4 Å². The fourth-order valence-corrected chi connectivity index (χ4v) is 4.92. The van der Waals surface area contributed by atoms with Crippen LogP contribution in [0.2, 0.25) is 0 Å². The normalized spacial score (nSPS) is 11.3. The van der Waals surface area contributed by atoms with Crippen LogP contribution in [0.1, 0.15) is 15.4 Å². The maximum Gasteiger partial charge on any atom is 0.354 e. The quantitative estimate of drug-likeness (QED) is 0.854. The molecule has 0 aliphatic carbocycles. The molecule has 6 nitrogen and oxygen atoms in total. The van der Waals surface area contributed by atoms with E-state index >= 15 is 0 Å². The molecule has 2 N–H and O–H groups in total. The van der Waals surface area contributed by atoms with Gasteiger partial charge < -0.3 is 5.11 Å². The molecule has 0 fully saturated rings. The number of anilines is 1. The number of thiophene rings is 1. The van der Waals surface area contributed by atoms with E-state index in [0.717, 1.165) is 0 Å². The minimum Gasteiger partial charge on any atom is -0.477 e. The summed E-state index contributed by atoms with van der Waals surface area (Å²) >= 11 is 4.52. The summed E-state index contributed by atoms with van der Waals surface area (Å²) in [5.74, 6) is -1.26. The Morgan fingerprint density at radius 2 is 2.15 bits per heavy atom. The minimum absolute atomic E-state index is 0.0355. The first kappa shape index (κ1) is 14.9. The van der Waals surface area contributed by atoms with Crippen molar-refractivity contribution in [3.8, 4) is 0 Å². The third kappa shape index (κ3) is 3.17. The number of hydrogen-bond donors (Lipinski definition) is 2. The van der Waals surface area contributed by atoms with Gasteiger partial charge in [0.15, 0.2) is 5.69 Å². The number of carboxylic acid groups (broad SMARTS) is 1. The van der Waals surface area contributed by atoms with Crippen molar-refractivity contribution in [2.45, 2.75) is 11.8 Å². The lowest BCUT2D eigenvalue weighted by atomic mass is 10.3. The van der Waals surface area contributed by atoms with Gasteiger partial charge in [0.05, 0.1) is 3.79 Å². The smallest absolute Gasteiger partial charge is 0.354 e. The molecule has 2 rings (SSSR count). The highest BCUT2D eigenvalue weighted by Gasteiger charge is 2.20. The van der Waals surface area contributed by atoms with Crippen LogP contribution in [0, 0.1) is 6.92 Å². The molecule has 0 aliphatic heterocycles. The number of carboxylic acids is 1. The number of pyridine rings is 1. The Kier molecular flexibility index (Phi) is 4.11. The second-order valence-electron chi connectivity index (χ2n) is 3.79. The Balaban J connectivity index is 2.36. The number of aromatic carboxylic acids is 1. The summed E-state index contributed by atoms with van der Waals surface area (Å²) < 4.78 is 27.4. The molecule has 0 radical (unpaired) electrons. The number of nitrogens with zero attached hydrogens (tertiary/aromatic N) is 1. The van der Waals surface area contributed by atoms with Gasteiger partial charge in [-0.2, -0.15) is 0 Å². The number of carbonyl (C=O) groups is 1. The van der Waals surface area contributed by atoms with E-state index < -0.39 is 16.0 Å². The third-order valence-electron chi connectivity index (χ3n) is 2.34. The molecular weight excluding hydrogens is 368 g/mol. The summed E-state index contributed by atoms with van der Waals surface area (Å²) in [4.78, 5) is 15.3. The molecule has 0 saturated carbocycles. The molecule has 2 aromatic heterocycles. The zero-order valence-corrected chi connectivity index (χ0v) is 13.3. The average molecular weight is 377 g/mol. The molecule has 0 saturated heterocycles. The van der Waals surface area contributed by atoms with Crippen LogP contribution in [0.5, 0.6) is 0 Å². The molecule has 0 bridgehead atoms. The summed E-state index contributed by atoms with van der Waals surface area (Å²) in [6, 6.07) is 5.58. The molecule has 9 heteroatoms. The van der Waals surface area contributed by atoms with E-state index in [2.05, 4.69) is 25.6 Å². The van der Waals surface area contributed by atoms with Crippen molar-refractivity contribution < 1.29 is 18.3 Å². The minimum atomic E-state index is -3.79. The zero-order valence-electron chi connectivity index (χ0n) is 10.1. The van der Waals surface area contributed by atoms with Gasteiger partial charge in [0.2, 0.25) is 0 Å². The maximum absolute atomic E-state index is 12.2. The molecule has 2 heterocycles. The topological polar surface area (TPSA) is 96.4 Å². The lowest BCUT2D eigenvalue weighted by Crippen LogP contribution is -2.15. The van der Waals surface area contributed by atoms with Crippen molar-refractivity contribution in [1.29, 1.82) is 0 Å². The summed E-state index contributed by atoms with van der Waals surface area (Å²) in [5.41, 5.74) is -0.228. The first-order valence-corrected chi connectivity index (χ1v) is 8.38. The van der Waals surface area contributed by atoms with E-state index in [1.807, 2.05) is 0 Å². The Morgan fingerprint density at radius 1 is 1.45 bits per heavy atom. The van der Waals surface area contributed by atoms with Gasteiger partial charge in [-0.3, -0.25) is 4.72 Å². The summed E-state index contributed by atoms with van der Waals surface area (Å²) in [6.07, 6.45) is 0. The van der Waals surface area contributed by atoms with E-state index in [4.69, 9.17) is 5.11 Å². The van der Waals surface area contributed by atoms with Gasteiger partial charge in [-0.25, -0.2) is 18.2 Å². The van der Waals surface area contributed by atoms with Gasteiger partial charge in [-0.05, 0) is 41.1 Å². The van der Waals surface area contributed by atoms with Crippen LogP contribution in [0.25, 0.3) is 0 Å². The number of aryl methyl sites for hydroxylation is 1. The molecule has 0 aliphatic rings. The Morgan fingerprint density at radius 3 is 2.70 bits per heavy atom. The summed E-state index contributed by atoms with van der Waals surface area (Å²) in [6.45, 7) is 1.69. The molecule has 20 heavy (non-hydrogen) atoms. The van der Waals surface area contributed by atoms with E-state index in [1.165, 1.54) is 35.6 Å². The molecule has 0 atom stereocenters. The first-order chi connectivity index (χ1) is 9.29. The molecular formula is C11H9BrN2O4S2. The van der Waals surface area contributed by atoms with E-state index in [9.17, 15) is 13.2 Å². The van der Waals surface area contributed by atoms with Crippen LogP contribution >= 0.6 is 27.3 Å². The van der Waals surface area contributed by atoms with Crippen LogP contribution in [0.3, 0.4) is 0 Å². The number of sulfonamides is 1. The van der Waals surface area contributed by atoms with Crippen molar-refractivity contribution in [3.63, 3.8) is 0 Å². The van der Waals surface area contributed by atoms with E-state index in [0.29, 0.717) is 8.66 Å². The van der Waals surface area contributed by atoms with Crippen molar-refractivity contribution >= 4 is 49.1 Å². The molecule has 0 spiro atoms. The van der Waals surface area contributed by atoms with Crippen LogP contribution in [-0.2, 0) is 10.0 Å². The van der Waals surface area contributed by atoms with Gasteiger partial charge in [0.25, 0.3) is 10.0 Å². The highest BCUT2D eigenvalue weighted by molar-refractivity contribution is 9.11. The zero-order chi connectivity index (χ0) is 14.9. The average Bonchev–Trinajstić information content (AvgIpc) is 2.69. The van der Waals surface area contributed by atoms with Gasteiger partial charge in [0, 0.05) is 4.88 Å². The highest BCUT2D eigenvalue weighted by Crippen LogP contribution is 2.30. The van der Waals surface area contributed by atoms with Crippen LogP contribution < -0.4 is 4.72 Å². The number of nitrogens with one attached hydrogen (secondary N) is 1. The van der Waals surface area contributed by atoms with Gasteiger partial charge in [-0.15, -0.1) is 11.3 Å².